The van der Waals surface area contributed by atoms with E-state index in [1.54, 1.807) is 0 Å². The van der Waals surface area contributed by atoms with E-state index >= 15 is 0 Å². The smallest absolute Gasteiger partial charge is 0.135 e. The monoisotopic (exact) mass is 285 g/mol. The quantitative estimate of drug-likeness (QED) is 0.884. The maximum atomic E-state index is 4.71. The number of nitrogens with one attached hydrogen (secondary N) is 1. The Morgan fingerprint density at radius 2 is 1.90 bits per heavy atom. The van der Waals surface area contributed by atoms with E-state index < -0.39 is 0 Å². The summed E-state index contributed by atoms with van der Waals surface area (Å²) in [5, 5.41) is 3.12. The van der Waals surface area contributed by atoms with Crippen LogP contribution in [0.4, 0.5) is 11.6 Å². The van der Waals surface area contributed by atoms with Crippen molar-refractivity contribution in [3.8, 4) is 0 Å². The summed E-state index contributed by atoms with van der Waals surface area (Å²) in [6.45, 7) is 8.06. The van der Waals surface area contributed by atoms with Gasteiger partial charge in [0.25, 0.3) is 0 Å². The van der Waals surface area contributed by atoms with Crippen LogP contribution in [-0.4, -0.2) is 28.5 Å². The Bertz CT molecular complexity index is 568. The number of anilines is 2. The second-order valence-corrected chi connectivity index (χ2v) is 5.24. The van der Waals surface area contributed by atoms with Crippen LogP contribution in [-0.2, 0) is 6.54 Å². The van der Waals surface area contributed by atoms with Gasteiger partial charge in [0.05, 0.1) is 0 Å². The molecule has 0 saturated heterocycles. The molecule has 21 heavy (non-hydrogen) atoms. The number of rotatable bonds is 6. The van der Waals surface area contributed by atoms with Gasteiger partial charge in [0.1, 0.15) is 17.5 Å². The summed E-state index contributed by atoms with van der Waals surface area (Å²) >= 11 is 0. The van der Waals surface area contributed by atoms with Gasteiger partial charge in [0.15, 0.2) is 0 Å². The van der Waals surface area contributed by atoms with Crippen molar-refractivity contribution in [2.75, 3.05) is 23.8 Å². The highest BCUT2D eigenvalue weighted by atomic mass is 15.2. The molecule has 0 aliphatic heterocycles. The van der Waals surface area contributed by atoms with Crippen molar-refractivity contribution in [1.29, 1.82) is 0 Å². The molecule has 0 aliphatic carbocycles. The van der Waals surface area contributed by atoms with Crippen LogP contribution in [0.25, 0.3) is 0 Å². The predicted octanol–water partition coefficient (Wildman–Crippen LogP) is 3.06. The molecular formula is C16H23N5. The van der Waals surface area contributed by atoms with Crippen molar-refractivity contribution in [2.24, 2.45) is 0 Å². The Balaban J connectivity index is 2.30. The van der Waals surface area contributed by atoms with Gasteiger partial charge in [-0.05, 0) is 24.6 Å². The Morgan fingerprint density at radius 3 is 2.48 bits per heavy atom. The van der Waals surface area contributed by atoms with Crippen LogP contribution in [0.5, 0.6) is 0 Å². The minimum Gasteiger partial charge on any atom is -0.373 e. The van der Waals surface area contributed by atoms with Gasteiger partial charge < -0.3 is 10.2 Å². The van der Waals surface area contributed by atoms with Gasteiger partial charge in [-0.2, -0.15) is 0 Å². The summed E-state index contributed by atoms with van der Waals surface area (Å²) < 4.78 is 0. The zero-order valence-corrected chi connectivity index (χ0v) is 13.2. The Labute approximate surface area is 126 Å². The molecule has 2 aromatic heterocycles. The molecular weight excluding hydrogens is 262 g/mol. The lowest BCUT2D eigenvalue weighted by Crippen LogP contribution is -2.24. The predicted molar refractivity (Wildman–Crippen MR) is 86.6 cm³/mol. The molecule has 2 heterocycles. The van der Waals surface area contributed by atoms with Crippen molar-refractivity contribution >= 4 is 11.6 Å². The van der Waals surface area contributed by atoms with Crippen molar-refractivity contribution in [1.82, 2.24) is 15.0 Å². The lowest BCUT2D eigenvalue weighted by molar-refractivity contribution is 0.749. The molecule has 0 radical (unpaired) electrons. The minimum atomic E-state index is 0.302. The third-order valence-electron chi connectivity index (χ3n) is 3.33. The normalized spacial score (nSPS) is 10.7. The standard InChI is InChI=1S/C16H23N5/c1-5-21(11-13-6-8-18-9-7-13)15-10-14(17-4)19-16(20-15)12(2)3/h6-10,12H,5,11H2,1-4H3,(H,17,19,20). The SMILES string of the molecule is CCN(Cc1ccncc1)c1cc(NC)nc(C(C)C)n1. The second-order valence-electron chi connectivity index (χ2n) is 5.24. The van der Waals surface area contributed by atoms with Gasteiger partial charge in [-0.3, -0.25) is 4.98 Å². The lowest BCUT2D eigenvalue weighted by atomic mass is 10.2. The van der Waals surface area contributed by atoms with E-state index in [-0.39, 0.29) is 0 Å². The molecule has 0 saturated carbocycles. The van der Waals surface area contributed by atoms with Crippen LogP contribution in [0.3, 0.4) is 0 Å². The average Bonchev–Trinajstić information content (AvgIpc) is 2.53. The highest BCUT2D eigenvalue weighted by molar-refractivity contribution is 5.49. The van der Waals surface area contributed by atoms with Gasteiger partial charge in [0, 0.05) is 44.5 Å². The largest absolute Gasteiger partial charge is 0.373 e. The third-order valence-corrected chi connectivity index (χ3v) is 3.33. The van der Waals surface area contributed by atoms with Crippen LogP contribution in [0.2, 0.25) is 0 Å². The van der Waals surface area contributed by atoms with Crippen LogP contribution in [0, 0.1) is 0 Å². The molecule has 2 rings (SSSR count). The molecule has 5 heteroatoms. The van der Waals surface area contributed by atoms with E-state index in [4.69, 9.17) is 4.98 Å². The Kier molecular flexibility index (Phi) is 5.09. The van der Waals surface area contributed by atoms with E-state index in [0.717, 1.165) is 30.5 Å². The fourth-order valence-corrected chi connectivity index (χ4v) is 2.06. The number of hydrogen-bond donors (Lipinski definition) is 1. The fourth-order valence-electron chi connectivity index (χ4n) is 2.06. The molecule has 1 N–H and O–H groups in total. The summed E-state index contributed by atoms with van der Waals surface area (Å²) in [7, 11) is 1.88. The number of hydrogen-bond acceptors (Lipinski definition) is 5. The third kappa shape index (κ3) is 3.90. The van der Waals surface area contributed by atoms with E-state index in [2.05, 4.69) is 41.0 Å². The van der Waals surface area contributed by atoms with Crippen molar-refractivity contribution in [3.63, 3.8) is 0 Å². The van der Waals surface area contributed by atoms with Crippen molar-refractivity contribution < 1.29 is 0 Å². The first-order valence-corrected chi connectivity index (χ1v) is 7.34. The second kappa shape index (κ2) is 7.02. The molecule has 0 aliphatic rings. The van der Waals surface area contributed by atoms with Gasteiger partial charge in [-0.25, -0.2) is 9.97 Å². The Morgan fingerprint density at radius 1 is 1.19 bits per heavy atom. The summed E-state index contributed by atoms with van der Waals surface area (Å²) in [5.74, 6) is 2.98. The van der Waals surface area contributed by atoms with E-state index in [1.165, 1.54) is 5.56 Å². The van der Waals surface area contributed by atoms with E-state index in [0.29, 0.717) is 5.92 Å². The highest BCUT2D eigenvalue weighted by Crippen LogP contribution is 2.21. The van der Waals surface area contributed by atoms with Crippen LogP contribution in [0.1, 0.15) is 38.1 Å². The molecule has 0 bridgehead atoms. The zero-order valence-electron chi connectivity index (χ0n) is 13.2. The molecule has 0 amide bonds. The van der Waals surface area contributed by atoms with E-state index in [9.17, 15) is 0 Å². The topological polar surface area (TPSA) is 53.9 Å². The summed E-state index contributed by atoms with van der Waals surface area (Å²) in [4.78, 5) is 15.5. The van der Waals surface area contributed by atoms with Gasteiger partial charge in [-0.1, -0.05) is 13.8 Å². The molecule has 112 valence electrons. The fraction of sp³-hybridized carbons (Fsp3) is 0.438. The van der Waals surface area contributed by atoms with Crippen molar-refractivity contribution in [3.05, 3.63) is 42.0 Å². The van der Waals surface area contributed by atoms with Crippen LogP contribution >= 0.6 is 0 Å². The van der Waals surface area contributed by atoms with Crippen molar-refractivity contribution in [2.45, 2.75) is 33.2 Å². The lowest BCUT2D eigenvalue weighted by Gasteiger charge is -2.23. The maximum Gasteiger partial charge on any atom is 0.135 e. The summed E-state index contributed by atoms with van der Waals surface area (Å²) in [5.41, 5.74) is 1.22. The summed E-state index contributed by atoms with van der Waals surface area (Å²) in [6.07, 6.45) is 3.64. The first-order chi connectivity index (χ1) is 10.1. The first-order valence-electron chi connectivity index (χ1n) is 7.34. The van der Waals surface area contributed by atoms with Crippen LogP contribution in [0.15, 0.2) is 30.6 Å². The molecule has 0 unspecified atom stereocenters. The van der Waals surface area contributed by atoms with Gasteiger partial charge >= 0.3 is 0 Å². The molecule has 0 atom stereocenters. The average molecular weight is 285 g/mol. The molecule has 0 spiro atoms. The molecule has 2 aromatic rings. The first kappa shape index (κ1) is 15.2. The highest BCUT2D eigenvalue weighted by Gasteiger charge is 2.12. The maximum absolute atomic E-state index is 4.71. The minimum absolute atomic E-state index is 0.302. The zero-order chi connectivity index (χ0) is 15.2. The molecule has 5 nitrogen and oxygen atoms in total. The number of nitrogens with zero attached hydrogens (tertiary/aromatic N) is 4. The van der Waals surface area contributed by atoms with Gasteiger partial charge in [-0.15, -0.1) is 0 Å². The molecule has 0 aromatic carbocycles. The van der Waals surface area contributed by atoms with E-state index in [1.807, 2.05) is 37.6 Å². The Hall–Kier alpha value is -2.17. The van der Waals surface area contributed by atoms with Crippen LogP contribution < -0.4 is 10.2 Å². The van der Waals surface area contributed by atoms with Gasteiger partial charge in [0.2, 0.25) is 0 Å². The summed E-state index contributed by atoms with van der Waals surface area (Å²) in [6, 6.07) is 6.06. The molecule has 0 fully saturated rings. The number of pyridine rings is 1. The number of aromatic nitrogens is 3.